The van der Waals surface area contributed by atoms with E-state index in [0.29, 0.717) is 26.8 Å². The molecule has 2 aromatic carbocycles. The van der Waals surface area contributed by atoms with E-state index >= 15 is 0 Å². The first-order valence-corrected chi connectivity index (χ1v) is 8.60. The summed E-state index contributed by atoms with van der Waals surface area (Å²) in [6.45, 7) is 0. The molecule has 0 unspecified atom stereocenters. The molecule has 0 radical (unpaired) electrons. The molecule has 0 aliphatic carbocycles. The second kappa shape index (κ2) is 6.14. The molecule has 1 heterocycles. The molecule has 0 fully saturated rings. The maximum absolute atomic E-state index is 12.7. The lowest BCUT2D eigenvalue weighted by atomic mass is 10.2. The summed E-state index contributed by atoms with van der Waals surface area (Å²) in [5, 5.41) is 0.561. The zero-order valence-electron chi connectivity index (χ0n) is 11.3. The molecular weight excluding hydrogens is 480 g/mol. The van der Waals surface area contributed by atoms with Gasteiger partial charge in [0.1, 0.15) is 12.1 Å². The third kappa shape index (κ3) is 2.51. The van der Waals surface area contributed by atoms with Crippen LogP contribution in [0, 0.1) is 0 Å². The molecular formula is C15H9Br3N2O2. The van der Waals surface area contributed by atoms with Gasteiger partial charge in [0.15, 0.2) is 0 Å². The molecule has 4 nitrogen and oxygen atoms in total. The highest BCUT2D eigenvalue weighted by atomic mass is 79.9. The van der Waals surface area contributed by atoms with Gasteiger partial charge in [-0.05, 0) is 66.0 Å². The van der Waals surface area contributed by atoms with Crippen LogP contribution < -0.4 is 10.3 Å². The summed E-state index contributed by atoms with van der Waals surface area (Å²) >= 11 is 10.4. The van der Waals surface area contributed by atoms with Crippen molar-refractivity contribution in [2.45, 2.75) is 0 Å². The Morgan fingerprint density at radius 2 is 1.86 bits per heavy atom. The van der Waals surface area contributed by atoms with Crippen LogP contribution in [0.3, 0.4) is 0 Å². The molecule has 0 aliphatic rings. The van der Waals surface area contributed by atoms with Crippen molar-refractivity contribution in [2.75, 3.05) is 7.11 Å². The Morgan fingerprint density at radius 3 is 2.59 bits per heavy atom. The van der Waals surface area contributed by atoms with Crippen molar-refractivity contribution in [2.24, 2.45) is 0 Å². The third-order valence-corrected chi connectivity index (χ3v) is 5.14. The lowest BCUT2D eigenvalue weighted by Gasteiger charge is -2.15. The number of para-hydroxylation sites is 1. The topological polar surface area (TPSA) is 44.1 Å². The van der Waals surface area contributed by atoms with Crippen LogP contribution in [0.1, 0.15) is 0 Å². The van der Waals surface area contributed by atoms with E-state index in [1.54, 1.807) is 13.2 Å². The zero-order valence-corrected chi connectivity index (χ0v) is 16.1. The lowest BCUT2D eigenvalue weighted by molar-refractivity contribution is 0.409. The summed E-state index contributed by atoms with van der Waals surface area (Å²) in [5.41, 5.74) is 1.17. The van der Waals surface area contributed by atoms with Gasteiger partial charge in [0.05, 0.1) is 32.6 Å². The van der Waals surface area contributed by atoms with E-state index in [9.17, 15) is 4.79 Å². The van der Waals surface area contributed by atoms with Crippen molar-refractivity contribution in [1.29, 1.82) is 0 Å². The van der Waals surface area contributed by atoms with E-state index < -0.39 is 0 Å². The molecule has 0 N–H and O–H groups in total. The number of hydrogen-bond acceptors (Lipinski definition) is 3. The molecule has 1 aromatic heterocycles. The number of halogens is 3. The number of aromatic nitrogens is 2. The van der Waals surface area contributed by atoms with Crippen molar-refractivity contribution >= 4 is 58.7 Å². The fourth-order valence-corrected chi connectivity index (χ4v) is 5.03. The highest BCUT2D eigenvalue weighted by Crippen LogP contribution is 2.41. The van der Waals surface area contributed by atoms with E-state index in [1.807, 2.05) is 24.3 Å². The fraction of sp³-hybridized carbons (Fsp3) is 0.0667. The van der Waals surface area contributed by atoms with Crippen LogP contribution in [0.15, 0.2) is 54.9 Å². The van der Waals surface area contributed by atoms with Gasteiger partial charge >= 0.3 is 0 Å². The minimum Gasteiger partial charge on any atom is -0.494 e. The van der Waals surface area contributed by atoms with Crippen LogP contribution in [0.25, 0.3) is 16.6 Å². The average molecular weight is 489 g/mol. The van der Waals surface area contributed by atoms with Crippen LogP contribution in [0.5, 0.6) is 5.75 Å². The molecule has 0 amide bonds. The normalized spacial score (nSPS) is 10.9. The van der Waals surface area contributed by atoms with Crippen LogP contribution >= 0.6 is 47.8 Å². The number of rotatable bonds is 2. The number of hydrogen-bond donors (Lipinski definition) is 0. The number of benzene rings is 2. The summed E-state index contributed by atoms with van der Waals surface area (Å²) in [4.78, 5) is 17.1. The lowest BCUT2D eigenvalue weighted by Crippen LogP contribution is -2.19. The summed E-state index contributed by atoms with van der Waals surface area (Å²) < 4.78 is 9.04. The van der Waals surface area contributed by atoms with Gasteiger partial charge in [-0.25, -0.2) is 4.98 Å². The first-order valence-electron chi connectivity index (χ1n) is 6.23. The van der Waals surface area contributed by atoms with E-state index in [1.165, 1.54) is 10.9 Å². The number of fused-ring (bicyclic) bond motifs is 1. The minimum absolute atomic E-state index is 0.142. The predicted molar refractivity (Wildman–Crippen MR) is 97.0 cm³/mol. The Kier molecular flexibility index (Phi) is 4.38. The highest BCUT2D eigenvalue weighted by molar-refractivity contribution is 9.11. The molecule has 22 heavy (non-hydrogen) atoms. The molecule has 0 bridgehead atoms. The summed E-state index contributed by atoms with van der Waals surface area (Å²) in [5.74, 6) is 0.609. The summed E-state index contributed by atoms with van der Waals surface area (Å²) in [7, 11) is 1.57. The van der Waals surface area contributed by atoms with Gasteiger partial charge in [0.25, 0.3) is 5.56 Å². The summed E-state index contributed by atoms with van der Waals surface area (Å²) in [6, 6.07) is 9.09. The summed E-state index contributed by atoms with van der Waals surface area (Å²) in [6.07, 6.45) is 1.52. The molecule has 7 heteroatoms. The zero-order chi connectivity index (χ0) is 15.9. The second-order valence-corrected chi connectivity index (χ2v) is 6.97. The Bertz CT molecular complexity index is 938. The van der Waals surface area contributed by atoms with Gasteiger partial charge in [-0.2, -0.15) is 0 Å². The van der Waals surface area contributed by atoms with Gasteiger partial charge in [0.2, 0.25) is 0 Å². The quantitative estimate of drug-likeness (QED) is 0.526. The van der Waals surface area contributed by atoms with Crippen LogP contribution in [0.2, 0.25) is 0 Å². The van der Waals surface area contributed by atoms with Crippen LogP contribution in [-0.2, 0) is 0 Å². The predicted octanol–water partition coefficient (Wildman–Crippen LogP) is 4.68. The second-order valence-electron chi connectivity index (χ2n) is 4.47. The monoisotopic (exact) mass is 486 g/mol. The molecule has 0 spiro atoms. The van der Waals surface area contributed by atoms with Crippen molar-refractivity contribution in [3.05, 3.63) is 60.4 Å². The van der Waals surface area contributed by atoms with Gasteiger partial charge in [-0.3, -0.25) is 9.36 Å². The van der Waals surface area contributed by atoms with E-state index in [2.05, 4.69) is 52.8 Å². The van der Waals surface area contributed by atoms with Gasteiger partial charge in [-0.1, -0.05) is 12.1 Å². The number of nitrogens with zero attached hydrogens (tertiary/aromatic N) is 2. The third-order valence-electron chi connectivity index (χ3n) is 3.21. The van der Waals surface area contributed by atoms with Gasteiger partial charge in [0, 0.05) is 4.47 Å². The Balaban J connectivity index is 2.38. The molecule has 0 aliphatic heterocycles. The van der Waals surface area contributed by atoms with E-state index in [4.69, 9.17) is 4.74 Å². The molecule has 3 aromatic rings. The Hall–Kier alpha value is -1.18. The average Bonchev–Trinajstić information content (AvgIpc) is 2.50. The highest BCUT2D eigenvalue weighted by Gasteiger charge is 2.18. The first-order chi connectivity index (χ1) is 10.5. The maximum Gasteiger partial charge on any atom is 0.265 e. The van der Waals surface area contributed by atoms with Crippen LogP contribution in [0.4, 0.5) is 0 Å². The minimum atomic E-state index is -0.142. The fourth-order valence-electron chi connectivity index (χ4n) is 2.20. The SMILES string of the molecule is COc1c(Br)cc(Br)c(-n2cnc3ccccc3c2=O)c1Br. The van der Waals surface area contributed by atoms with Gasteiger partial charge < -0.3 is 4.74 Å². The molecule has 112 valence electrons. The number of methoxy groups -OCH3 is 1. The largest absolute Gasteiger partial charge is 0.494 e. The van der Waals surface area contributed by atoms with E-state index in [-0.39, 0.29) is 5.56 Å². The van der Waals surface area contributed by atoms with Crippen molar-refractivity contribution < 1.29 is 4.74 Å². The van der Waals surface area contributed by atoms with Crippen molar-refractivity contribution in [1.82, 2.24) is 9.55 Å². The Labute approximate surface area is 151 Å². The van der Waals surface area contributed by atoms with Crippen molar-refractivity contribution in [3.8, 4) is 11.4 Å². The standard InChI is InChI=1S/C15H9Br3N2O2/c1-22-14-10(17)6-9(16)13(12(14)18)20-7-19-11-5-3-2-4-8(11)15(20)21/h2-7H,1H3. The molecule has 0 saturated heterocycles. The van der Waals surface area contributed by atoms with Crippen molar-refractivity contribution in [3.63, 3.8) is 0 Å². The Morgan fingerprint density at radius 1 is 1.14 bits per heavy atom. The smallest absolute Gasteiger partial charge is 0.265 e. The molecule has 0 atom stereocenters. The molecule has 3 rings (SSSR count). The van der Waals surface area contributed by atoms with Crippen LogP contribution in [-0.4, -0.2) is 16.7 Å². The first kappa shape index (κ1) is 15.7. The number of ether oxygens (including phenoxy) is 1. The van der Waals surface area contributed by atoms with Gasteiger partial charge in [-0.15, -0.1) is 0 Å². The van der Waals surface area contributed by atoms with E-state index in [0.717, 1.165) is 8.95 Å². The maximum atomic E-state index is 12.7. The molecule has 0 saturated carbocycles.